The molecule has 0 aliphatic carbocycles. The van der Waals surface area contributed by atoms with E-state index in [0.717, 1.165) is 0 Å². The van der Waals surface area contributed by atoms with Gasteiger partial charge in [-0.1, -0.05) is 17.3 Å². The number of hydrogen-bond donors (Lipinski definition) is 1. The van der Waals surface area contributed by atoms with Crippen LogP contribution in [-0.2, 0) is 0 Å². The summed E-state index contributed by atoms with van der Waals surface area (Å²) >= 11 is 0. The second-order valence-electron chi connectivity index (χ2n) is 8.13. The molecule has 0 saturated heterocycles. The van der Waals surface area contributed by atoms with E-state index in [2.05, 4.69) is 15.5 Å². The zero-order valence-electron chi connectivity index (χ0n) is 18.7. The number of benzene rings is 3. The minimum atomic E-state index is -0.720. The number of halogens is 3. The van der Waals surface area contributed by atoms with Crippen molar-refractivity contribution in [3.8, 4) is 11.4 Å². The van der Waals surface area contributed by atoms with Crippen molar-refractivity contribution >= 4 is 17.3 Å². The molecule has 9 heteroatoms. The van der Waals surface area contributed by atoms with E-state index in [-0.39, 0.29) is 11.7 Å². The number of rotatable bonds is 4. The van der Waals surface area contributed by atoms with Crippen LogP contribution in [0.2, 0.25) is 0 Å². The van der Waals surface area contributed by atoms with E-state index in [4.69, 9.17) is 4.52 Å². The third-order valence-corrected chi connectivity index (χ3v) is 5.85. The topological polar surface area (TPSA) is 71.3 Å². The third-order valence-electron chi connectivity index (χ3n) is 5.85. The Labute approximate surface area is 198 Å². The summed E-state index contributed by atoms with van der Waals surface area (Å²) in [6, 6.07) is 14.5. The van der Waals surface area contributed by atoms with Gasteiger partial charge < -0.3 is 9.84 Å². The Morgan fingerprint density at radius 3 is 2.23 bits per heavy atom. The molecule has 5 rings (SSSR count). The van der Waals surface area contributed by atoms with Gasteiger partial charge in [-0.25, -0.2) is 18.0 Å². The number of aryl methyl sites for hydroxylation is 1. The summed E-state index contributed by atoms with van der Waals surface area (Å²) in [5.41, 5.74) is 2.94. The molecular formula is C26H19F3N4O2. The molecule has 35 heavy (non-hydrogen) atoms. The average Bonchev–Trinajstić information content (AvgIpc) is 3.31. The van der Waals surface area contributed by atoms with Crippen LogP contribution in [0.15, 0.2) is 77.0 Å². The van der Waals surface area contributed by atoms with Gasteiger partial charge in [0.1, 0.15) is 17.5 Å². The number of nitrogens with one attached hydrogen (secondary N) is 1. The molecule has 1 atom stereocenters. The lowest BCUT2D eigenvalue weighted by atomic mass is 9.94. The SMILES string of the molecule is CC1=C(c2nc(-c3ccc(F)cc3)no2)C(c2ccc(F)cc2)NC(=O)N1c1ccc(F)c(C)c1. The number of nitrogens with zero attached hydrogens (tertiary/aromatic N) is 3. The number of carbonyl (C=O) groups excluding carboxylic acids is 1. The van der Waals surface area contributed by atoms with Crippen molar-refractivity contribution in [1.29, 1.82) is 0 Å². The molecule has 1 aromatic heterocycles. The van der Waals surface area contributed by atoms with E-state index in [1.807, 2.05) is 0 Å². The summed E-state index contributed by atoms with van der Waals surface area (Å²) in [5.74, 6) is -0.845. The Bertz CT molecular complexity index is 1450. The second-order valence-corrected chi connectivity index (χ2v) is 8.13. The lowest BCUT2D eigenvalue weighted by molar-refractivity contribution is 0.244. The number of anilines is 1. The lowest BCUT2D eigenvalue weighted by Crippen LogP contribution is -2.46. The minimum absolute atomic E-state index is 0.125. The Hall–Kier alpha value is -4.40. The number of amides is 2. The van der Waals surface area contributed by atoms with Gasteiger partial charge in [-0.15, -0.1) is 0 Å². The lowest BCUT2D eigenvalue weighted by Gasteiger charge is -2.35. The van der Waals surface area contributed by atoms with Gasteiger partial charge in [0, 0.05) is 11.3 Å². The molecule has 6 nitrogen and oxygen atoms in total. The molecule has 0 fully saturated rings. The molecule has 0 spiro atoms. The summed E-state index contributed by atoms with van der Waals surface area (Å²) in [5, 5.41) is 6.93. The summed E-state index contributed by atoms with van der Waals surface area (Å²) in [6.07, 6.45) is 0. The van der Waals surface area contributed by atoms with Gasteiger partial charge in [-0.3, -0.25) is 4.90 Å². The van der Waals surface area contributed by atoms with Gasteiger partial charge in [0.2, 0.25) is 5.82 Å². The van der Waals surface area contributed by atoms with Crippen LogP contribution in [0.1, 0.15) is 30.0 Å². The molecule has 1 unspecified atom stereocenters. The first-order valence-electron chi connectivity index (χ1n) is 10.7. The second kappa shape index (κ2) is 8.75. The monoisotopic (exact) mass is 476 g/mol. The summed E-state index contributed by atoms with van der Waals surface area (Å²) in [6.45, 7) is 3.32. The maximum absolute atomic E-state index is 13.9. The van der Waals surface area contributed by atoms with Crippen molar-refractivity contribution in [2.75, 3.05) is 4.90 Å². The van der Waals surface area contributed by atoms with Crippen LogP contribution in [0.4, 0.5) is 23.7 Å². The molecule has 0 bridgehead atoms. The number of allylic oxidation sites excluding steroid dienone is 1. The van der Waals surface area contributed by atoms with E-state index in [9.17, 15) is 18.0 Å². The maximum Gasteiger partial charge on any atom is 0.326 e. The molecule has 0 saturated carbocycles. The van der Waals surface area contributed by atoms with Gasteiger partial charge in [0.15, 0.2) is 0 Å². The Balaban J connectivity index is 1.65. The predicted molar refractivity (Wildman–Crippen MR) is 124 cm³/mol. The normalized spacial score (nSPS) is 16.0. The Kier molecular flexibility index (Phi) is 5.60. The Morgan fingerprint density at radius 2 is 1.57 bits per heavy atom. The standard InChI is InChI=1S/C26H19F3N4O2/c1-14-13-20(11-12-21(14)29)33-15(2)22(23(30-26(33)34)16-3-7-18(27)8-4-16)25-31-24(32-35-25)17-5-9-19(28)10-6-17/h3-13,23H,1-2H3,(H,30,34). The van der Waals surface area contributed by atoms with Crippen LogP contribution in [0.25, 0.3) is 17.0 Å². The van der Waals surface area contributed by atoms with Gasteiger partial charge >= 0.3 is 6.03 Å². The van der Waals surface area contributed by atoms with Crippen LogP contribution in [0.3, 0.4) is 0 Å². The fraction of sp³-hybridized carbons (Fsp3) is 0.115. The smallest absolute Gasteiger partial charge is 0.326 e. The van der Waals surface area contributed by atoms with Crippen molar-refractivity contribution in [2.24, 2.45) is 0 Å². The zero-order chi connectivity index (χ0) is 24.7. The zero-order valence-corrected chi connectivity index (χ0v) is 18.7. The van der Waals surface area contributed by atoms with E-state index < -0.39 is 29.5 Å². The molecule has 1 N–H and O–H groups in total. The van der Waals surface area contributed by atoms with Crippen LogP contribution in [0, 0.1) is 24.4 Å². The fourth-order valence-corrected chi connectivity index (χ4v) is 4.05. The van der Waals surface area contributed by atoms with Gasteiger partial charge in [-0.05, 0) is 79.6 Å². The third kappa shape index (κ3) is 4.16. The quantitative estimate of drug-likeness (QED) is 0.383. The van der Waals surface area contributed by atoms with E-state index in [0.29, 0.717) is 33.6 Å². The van der Waals surface area contributed by atoms with Gasteiger partial charge in [-0.2, -0.15) is 4.98 Å². The first-order chi connectivity index (χ1) is 16.8. The molecule has 1 aliphatic heterocycles. The van der Waals surface area contributed by atoms with Gasteiger partial charge in [0.25, 0.3) is 5.89 Å². The Morgan fingerprint density at radius 1 is 0.914 bits per heavy atom. The average molecular weight is 476 g/mol. The van der Waals surface area contributed by atoms with Crippen molar-refractivity contribution in [2.45, 2.75) is 19.9 Å². The highest BCUT2D eigenvalue weighted by Gasteiger charge is 2.36. The van der Waals surface area contributed by atoms with Crippen molar-refractivity contribution < 1.29 is 22.5 Å². The summed E-state index contributed by atoms with van der Waals surface area (Å²) in [7, 11) is 0. The van der Waals surface area contributed by atoms with Crippen molar-refractivity contribution in [3.05, 3.63) is 107 Å². The van der Waals surface area contributed by atoms with Crippen LogP contribution in [0.5, 0.6) is 0 Å². The molecule has 3 aromatic carbocycles. The molecule has 176 valence electrons. The van der Waals surface area contributed by atoms with E-state index in [1.165, 1.54) is 53.4 Å². The molecule has 2 heterocycles. The number of carbonyl (C=O) groups is 1. The highest BCUT2D eigenvalue weighted by Crippen LogP contribution is 2.39. The molecule has 1 aliphatic rings. The van der Waals surface area contributed by atoms with E-state index >= 15 is 0 Å². The molecule has 4 aromatic rings. The first-order valence-corrected chi connectivity index (χ1v) is 10.7. The molecular weight excluding hydrogens is 457 g/mol. The van der Waals surface area contributed by atoms with Crippen LogP contribution < -0.4 is 10.2 Å². The highest BCUT2D eigenvalue weighted by atomic mass is 19.1. The number of urea groups is 1. The maximum atomic E-state index is 13.9. The summed E-state index contributed by atoms with van der Waals surface area (Å²) < 4.78 is 46.4. The summed E-state index contributed by atoms with van der Waals surface area (Å²) in [4.78, 5) is 19.1. The first kappa shape index (κ1) is 22.4. The van der Waals surface area contributed by atoms with Crippen LogP contribution in [-0.4, -0.2) is 16.2 Å². The number of aromatic nitrogens is 2. The van der Waals surface area contributed by atoms with Crippen molar-refractivity contribution in [3.63, 3.8) is 0 Å². The molecule has 0 radical (unpaired) electrons. The largest absolute Gasteiger partial charge is 0.334 e. The van der Waals surface area contributed by atoms with Crippen LogP contribution >= 0.6 is 0 Å². The minimum Gasteiger partial charge on any atom is -0.334 e. The van der Waals surface area contributed by atoms with Gasteiger partial charge in [0.05, 0.1) is 17.3 Å². The van der Waals surface area contributed by atoms with Crippen molar-refractivity contribution in [1.82, 2.24) is 15.5 Å². The van der Waals surface area contributed by atoms with E-state index in [1.54, 1.807) is 32.0 Å². The highest BCUT2D eigenvalue weighted by molar-refractivity contribution is 6.01. The molecule has 2 amide bonds. The fourth-order valence-electron chi connectivity index (χ4n) is 4.05. The predicted octanol–water partition coefficient (Wildman–Crippen LogP) is 6.16. The number of hydrogen-bond acceptors (Lipinski definition) is 4.